The van der Waals surface area contributed by atoms with Crippen LogP contribution < -0.4 is 0 Å². The van der Waals surface area contributed by atoms with E-state index in [2.05, 4.69) is 64.0 Å². The molecular weight excluding hydrogens is 436 g/mol. The van der Waals surface area contributed by atoms with E-state index in [0.29, 0.717) is 5.75 Å². The number of thioether (sulfide) groups is 1. The van der Waals surface area contributed by atoms with Gasteiger partial charge in [-0.05, 0) is 63.1 Å². The second kappa shape index (κ2) is 8.55. The highest BCUT2D eigenvalue weighted by Gasteiger charge is 2.06. The molecule has 0 bridgehead atoms. The lowest BCUT2D eigenvalue weighted by Gasteiger charge is -2.07. The summed E-state index contributed by atoms with van der Waals surface area (Å²) < 4.78 is 4.38. The van der Waals surface area contributed by atoms with E-state index in [0.717, 1.165) is 51.8 Å². The Kier molecular flexibility index (Phi) is 7.04. The van der Waals surface area contributed by atoms with Crippen LogP contribution in [0.2, 0.25) is 0 Å². The first-order valence-electron chi connectivity index (χ1n) is 6.53. The quantitative estimate of drug-likeness (QED) is 0.385. The molecule has 0 aliphatic rings. The normalized spacial score (nSPS) is 11.0. The molecule has 0 aliphatic heterocycles. The van der Waals surface area contributed by atoms with Gasteiger partial charge in [0.2, 0.25) is 0 Å². The second-order valence-corrected chi connectivity index (χ2v) is 7.11. The van der Waals surface area contributed by atoms with Gasteiger partial charge in [0.25, 0.3) is 0 Å². The minimum absolute atomic E-state index is 0.548. The summed E-state index contributed by atoms with van der Waals surface area (Å²) >= 11 is 12.9. The highest BCUT2D eigenvalue weighted by Crippen LogP contribution is 2.21. The molecule has 0 fully saturated rings. The molecule has 8 heteroatoms. The molecule has 0 saturated carbocycles. The van der Waals surface area contributed by atoms with E-state index in [4.69, 9.17) is 0 Å². The standard InChI is InChI=1S/C13H16Br2N4S2/c1-21-13-17-11(16-12(8-20)18-13)4-2-3-7-19-9(14)5-6-10(19)15/h5-6,20H,2-4,7-8H2,1H3. The number of unbranched alkanes of at least 4 members (excludes halogenated alkanes) is 1. The Morgan fingerprint density at radius 3 is 2.38 bits per heavy atom. The van der Waals surface area contributed by atoms with Crippen molar-refractivity contribution in [3.05, 3.63) is 33.0 Å². The Morgan fingerprint density at radius 1 is 1.10 bits per heavy atom. The third kappa shape index (κ3) is 4.97. The summed E-state index contributed by atoms with van der Waals surface area (Å²) in [6, 6.07) is 4.08. The van der Waals surface area contributed by atoms with E-state index in [9.17, 15) is 0 Å². The monoisotopic (exact) mass is 450 g/mol. The smallest absolute Gasteiger partial charge is 0.190 e. The zero-order valence-corrected chi connectivity index (χ0v) is 16.5. The fourth-order valence-electron chi connectivity index (χ4n) is 1.90. The number of rotatable bonds is 7. The maximum absolute atomic E-state index is 4.45. The Labute approximate surface area is 151 Å². The third-order valence-electron chi connectivity index (χ3n) is 2.94. The van der Waals surface area contributed by atoms with Crippen molar-refractivity contribution in [3.8, 4) is 0 Å². The largest absolute Gasteiger partial charge is 0.330 e. The third-order valence-corrected chi connectivity index (χ3v) is 5.15. The highest BCUT2D eigenvalue weighted by atomic mass is 79.9. The van der Waals surface area contributed by atoms with E-state index in [1.807, 2.05) is 18.4 Å². The van der Waals surface area contributed by atoms with Gasteiger partial charge in [-0.15, -0.1) is 0 Å². The lowest BCUT2D eigenvalue weighted by Crippen LogP contribution is -2.05. The van der Waals surface area contributed by atoms with Gasteiger partial charge in [-0.25, -0.2) is 15.0 Å². The molecule has 0 unspecified atom stereocenters. The van der Waals surface area contributed by atoms with Gasteiger partial charge in [-0.3, -0.25) is 0 Å². The van der Waals surface area contributed by atoms with Crippen LogP contribution in [-0.2, 0) is 18.7 Å². The first-order chi connectivity index (χ1) is 10.1. The number of nitrogens with zero attached hydrogens (tertiary/aromatic N) is 4. The van der Waals surface area contributed by atoms with Crippen molar-refractivity contribution in [3.63, 3.8) is 0 Å². The molecule has 2 rings (SSSR count). The minimum Gasteiger partial charge on any atom is -0.330 e. The van der Waals surface area contributed by atoms with Crippen LogP contribution in [0.15, 0.2) is 26.5 Å². The van der Waals surface area contributed by atoms with E-state index in [1.54, 1.807) is 11.8 Å². The number of hydrogen-bond acceptors (Lipinski definition) is 5. The average molecular weight is 452 g/mol. The molecule has 0 aromatic carbocycles. The summed E-state index contributed by atoms with van der Waals surface area (Å²) in [7, 11) is 0. The summed E-state index contributed by atoms with van der Waals surface area (Å²) in [4.78, 5) is 13.2. The van der Waals surface area contributed by atoms with Gasteiger partial charge in [-0.1, -0.05) is 11.8 Å². The van der Waals surface area contributed by atoms with Crippen molar-refractivity contribution in [2.45, 2.75) is 36.7 Å². The lowest BCUT2D eigenvalue weighted by atomic mass is 10.2. The number of aryl methyl sites for hydroxylation is 1. The SMILES string of the molecule is CSc1nc(CS)nc(CCCCn2c(Br)ccc2Br)n1. The number of aromatic nitrogens is 4. The van der Waals surface area contributed by atoms with Crippen LogP contribution in [0.25, 0.3) is 0 Å². The summed E-state index contributed by atoms with van der Waals surface area (Å²) in [5, 5.41) is 0.778. The molecule has 2 heterocycles. The molecular formula is C13H16Br2N4S2. The highest BCUT2D eigenvalue weighted by molar-refractivity contribution is 9.11. The lowest BCUT2D eigenvalue weighted by molar-refractivity contribution is 0.584. The van der Waals surface area contributed by atoms with Crippen molar-refractivity contribution in [2.24, 2.45) is 0 Å². The van der Waals surface area contributed by atoms with Crippen LogP contribution in [0, 0.1) is 0 Å². The summed E-state index contributed by atoms with van der Waals surface area (Å²) in [5.74, 6) is 2.17. The molecule has 0 N–H and O–H groups in total. The maximum atomic E-state index is 4.45. The zero-order valence-electron chi connectivity index (χ0n) is 11.6. The summed E-state index contributed by atoms with van der Waals surface area (Å²) in [5.41, 5.74) is 0. The maximum Gasteiger partial charge on any atom is 0.190 e. The Hall–Kier alpha value is -0.0500. The fraction of sp³-hybridized carbons (Fsp3) is 0.462. The number of hydrogen-bond donors (Lipinski definition) is 1. The van der Waals surface area contributed by atoms with Gasteiger partial charge in [0, 0.05) is 13.0 Å². The first-order valence-corrected chi connectivity index (χ1v) is 9.97. The van der Waals surface area contributed by atoms with Crippen molar-refractivity contribution in [2.75, 3.05) is 6.26 Å². The van der Waals surface area contributed by atoms with Crippen LogP contribution in [-0.4, -0.2) is 25.8 Å². The molecule has 0 spiro atoms. The van der Waals surface area contributed by atoms with Gasteiger partial charge >= 0.3 is 0 Å². The van der Waals surface area contributed by atoms with Crippen molar-refractivity contribution < 1.29 is 0 Å². The molecule has 0 atom stereocenters. The van der Waals surface area contributed by atoms with Crippen molar-refractivity contribution in [1.29, 1.82) is 0 Å². The summed E-state index contributed by atoms with van der Waals surface area (Å²) in [6.45, 7) is 0.966. The number of halogens is 2. The topological polar surface area (TPSA) is 43.6 Å². The van der Waals surface area contributed by atoms with Gasteiger partial charge in [0.15, 0.2) is 5.16 Å². The van der Waals surface area contributed by atoms with Crippen molar-refractivity contribution in [1.82, 2.24) is 19.5 Å². The molecule has 2 aromatic heterocycles. The molecule has 4 nitrogen and oxygen atoms in total. The average Bonchev–Trinajstić information content (AvgIpc) is 2.82. The Balaban J connectivity index is 1.89. The molecule has 114 valence electrons. The second-order valence-electron chi connectivity index (χ2n) is 4.40. The van der Waals surface area contributed by atoms with E-state index in [-0.39, 0.29) is 0 Å². The van der Waals surface area contributed by atoms with E-state index < -0.39 is 0 Å². The Morgan fingerprint density at radius 2 is 1.76 bits per heavy atom. The fourth-order valence-corrected chi connectivity index (χ4v) is 3.68. The van der Waals surface area contributed by atoms with E-state index in [1.165, 1.54) is 0 Å². The van der Waals surface area contributed by atoms with Gasteiger partial charge in [0.05, 0.1) is 15.0 Å². The minimum atomic E-state index is 0.548. The molecule has 2 aromatic rings. The zero-order chi connectivity index (χ0) is 15.2. The first kappa shape index (κ1) is 17.3. The molecule has 0 aliphatic carbocycles. The summed E-state index contributed by atoms with van der Waals surface area (Å²) in [6.07, 6.45) is 4.96. The Bertz CT molecular complexity index is 562. The molecule has 21 heavy (non-hydrogen) atoms. The predicted molar refractivity (Wildman–Crippen MR) is 97.1 cm³/mol. The number of thiol groups is 1. The van der Waals surface area contributed by atoms with Crippen LogP contribution in [0.3, 0.4) is 0 Å². The van der Waals surface area contributed by atoms with Gasteiger partial charge < -0.3 is 4.57 Å². The van der Waals surface area contributed by atoms with E-state index >= 15 is 0 Å². The van der Waals surface area contributed by atoms with Crippen LogP contribution in [0.1, 0.15) is 24.5 Å². The van der Waals surface area contributed by atoms with Gasteiger partial charge in [0.1, 0.15) is 11.6 Å². The van der Waals surface area contributed by atoms with Crippen LogP contribution in [0.5, 0.6) is 0 Å². The predicted octanol–water partition coefficient (Wildman–Crippen LogP) is 4.37. The molecule has 0 amide bonds. The molecule has 0 saturated heterocycles. The molecule has 0 radical (unpaired) electrons. The van der Waals surface area contributed by atoms with Crippen molar-refractivity contribution >= 4 is 56.3 Å². The van der Waals surface area contributed by atoms with Gasteiger partial charge in [-0.2, -0.15) is 12.6 Å². The van der Waals surface area contributed by atoms with Crippen LogP contribution >= 0.6 is 56.3 Å². The van der Waals surface area contributed by atoms with Crippen LogP contribution in [0.4, 0.5) is 0 Å².